The van der Waals surface area contributed by atoms with E-state index in [2.05, 4.69) is 16.0 Å². The summed E-state index contributed by atoms with van der Waals surface area (Å²) in [7, 11) is 0. The van der Waals surface area contributed by atoms with Crippen LogP contribution < -0.4 is 20.7 Å². The van der Waals surface area contributed by atoms with Crippen LogP contribution >= 0.6 is 11.6 Å². The molecule has 0 bridgehead atoms. The van der Waals surface area contributed by atoms with E-state index >= 15 is 0 Å². The van der Waals surface area contributed by atoms with E-state index in [4.69, 9.17) is 16.3 Å². The summed E-state index contributed by atoms with van der Waals surface area (Å²) in [4.78, 5) is 23.4. The number of aliphatic hydroxyl groups is 1. The molecule has 0 aromatic heterocycles. The van der Waals surface area contributed by atoms with Gasteiger partial charge in [0.05, 0.1) is 11.1 Å². The molecule has 3 rings (SSSR count). The first-order chi connectivity index (χ1) is 14.3. The molecule has 0 radical (unpaired) electrons. The van der Waals surface area contributed by atoms with Gasteiger partial charge in [0, 0.05) is 18.7 Å². The Kier molecular flexibility index (Phi) is 7.12. The summed E-state index contributed by atoms with van der Waals surface area (Å²) in [6, 6.07) is 8.68. The van der Waals surface area contributed by atoms with Gasteiger partial charge in [-0.1, -0.05) is 17.7 Å². The lowest BCUT2D eigenvalue weighted by Crippen LogP contribution is -2.42. The van der Waals surface area contributed by atoms with E-state index in [1.54, 1.807) is 25.1 Å². The Balaban J connectivity index is 1.42. The Bertz CT molecular complexity index is 940. The minimum Gasteiger partial charge on any atom is -0.491 e. The van der Waals surface area contributed by atoms with Gasteiger partial charge in [0.25, 0.3) is 0 Å². The number of rotatable bonds is 7. The van der Waals surface area contributed by atoms with Gasteiger partial charge in [0.15, 0.2) is 0 Å². The summed E-state index contributed by atoms with van der Waals surface area (Å²) >= 11 is 5.66. The number of carbonyl (C=O) groups is 2. The van der Waals surface area contributed by atoms with Crippen LogP contribution in [0.2, 0.25) is 5.02 Å². The number of halogens is 2. The molecule has 2 aromatic rings. The molecule has 2 aromatic carbocycles. The van der Waals surface area contributed by atoms with Crippen LogP contribution in [0.1, 0.15) is 30.5 Å². The predicted molar refractivity (Wildman–Crippen MR) is 111 cm³/mol. The molecule has 0 spiro atoms. The van der Waals surface area contributed by atoms with Gasteiger partial charge < -0.3 is 25.8 Å². The summed E-state index contributed by atoms with van der Waals surface area (Å²) in [5.74, 6) is 0.0126. The van der Waals surface area contributed by atoms with Gasteiger partial charge in [-0.2, -0.15) is 0 Å². The molecule has 0 saturated heterocycles. The van der Waals surface area contributed by atoms with E-state index in [0.717, 1.165) is 11.3 Å². The summed E-state index contributed by atoms with van der Waals surface area (Å²) in [6.07, 6.45) is 0.145. The normalized spacial score (nSPS) is 14.9. The predicted octanol–water partition coefficient (Wildman–Crippen LogP) is 3.16. The summed E-state index contributed by atoms with van der Waals surface area (Å²) < 4.78 is 19.1. The van der Waals surface area contributed by atoms with Crippen LogP contribution in [-0.2, 0) is 11.2 Å². The largest absolute Gasteiger partial charge is 0.491 e. The third-order valence-electron chi connectivity index (χ3n) is 4.70. The van der Waals surface area contributed by atoms with Gasteiger partial charge in [0.2, 0.25) is 5.91 Å². The van der Waals surface area contributed by atoms with E-state index in [9.17, 15) is 19.1 Å². The van der Waals surface area contributed by atoms with Gasteiger partial charge in [-0.05, 0) is 54.8 Å². The molecule has 2 atom stereocenters. The van der Waals surface area contributed by atoms with Gasteiger partial charge in [-0.15, -0.1) is 0 Å². The molecule has 2 unspecified atom stereocenters. The summed E-state index contributed by atoms with van der Waals surface area (Å²) in [5, 5.41) is 18.1. The van der Waals surface area contributed by atoms with Crippen LogP contribution in [-0.4, -0.2) is 36.3 Å². The van der Waals surface area contributed by atoms with E-state index in [-0.39, 0.29) is 24.1 Å². The fourth-order valence-corrected chi connectivity index (χ4v) is 3.14. The maximum Gasteiger partial charge on any atom is 0.315 e. The fourth-order valence-electron chi connectivity index (χ4n) is 3.02. The third-order valence-corrected chi connectivity index (χ3v) is 5.01. The Hall–Kier alpha value is -2.84. The summed E-state index contributed by atoms with van der Waals surface area (Å²) in [6.45, 7) is 1.68. The molecule has 4 N–H and O–H groups in total. The van der Waals surface area contributed by atoms with Crippen molar-refractivity contribution in [2.45, 2.75) is 31.9 Å². The number of hydrogen-bond acceptors (Lipinski definition) is 4. The van der Waals surface area contributed by atoms with Gasteiger partial charge in [0.1, 0.15) is 24.3 Å². The quantitative estimate of drug-likeness (QED) is 0.536. The van der Waals surface area contributed by atoms with Crippen molar-refractivity contribution in [3.8, 4) is 5.75 Å². The number of amides is 3. The second-order valence-corrected chi connectivity index (χ2v) is 7.49. The molecule has 1 aliphatic heterocycles. The van der Waals surface area contributed by atoms with E-state index in [0.29, 0.717) is 24.2 Å². The molecule has 160 valence electrons. The zero-order valence-electron chi connectivity index (χ0n) is 16.4. The van der Waals surface area contributed by atoms with Crippen LogP contribution in [0.25, 0.3) is 0 Å². The molecule has 0 fully saturated rings. The smallest absolute Gasteiger partial charge is 0.315 e. The van der Waals surface area contributed by atoms with Crippen molar-refractivity contribution >= 4 is 29.2 Å². The average Bonchev–Trinajstić information content (AvgIpc) is 2.72. The molecule has 0 saturated carbocycles. The number of anilines is 1. The Morgan fingerprint density at radius 3 is 2.87 bits per heavy atom. The molecule has 30 heavy (non-hydrogen) atoms. The first-order valence-corrected chi connectivity index (χ1v) is 9.92. The van der Waals surface area contributed by atoms with Gasteiger partial charge in [-0.25, -0.2) is 9.18 Å². The first-order valence-electron chi connectivity index (χ1n) is 9.55. The van der Waals surface area contributed by atoms with Gasteiger partial charge in [-0.3, -0.25) is 4.79 Å². The maximum absolute atomic E-state index is 13.5. The highest BCUT2D eigenvalue weighted by Gasteiger charge is 2.16. The number of hydrogen-bond donors (Lipinski definition) is 4. The molecular formula is C21H23ClFN3O4. The lowest BCUT2D eigenvalue weighted by atomic mass is 10.0. The molecular weight excluding hydrogens is 413 g/mol. The number of nitrogens with one attached hydrogen (secondary N) is 3. The monoisotopic (exact) mass is 435 g/mol. The Morgan fingerprint density at radius 1 is 1.30 bits per heavy atom. The first kappa shape index (κ1) is 21.9. The highest BCUT2D eigenvalue weighted by Crippen LogP contribution is 2.26. The number of carbonyl (C=O) groups excluding carboxylic acids is 2. The highest BCUT2D eigenvalue weighted by molar-refractivity contribution is 6.30. The Morgan fingerprint density at radius 2 is 2.10 bits per heavy atom. The van der Waals surface area contributed by atoms with Crippen LogP contribution in [0, 0.1) is 5.82 Å². The molecule has 1 aliphatic rings. The van der Waals surface area contributed by atoms with E-state index < -0.39 is 24.0 Å². The second kappa shape index (κ2) is 9.77. The standard InChI is InChI=1S/C21H23ClFN3O4/c1-12(13-2-5-17(22)18(23)9-13)25-21(29)24-10-15(27)11-30-16-4-6-19-14(8-16)3-7-20(28)26-19/h2,4-6,8-9,12,15,27H,3,7,10-11H2,1H3,(H,26,28)(H2,24,25,29). The number of ether oxygens (including phenoxy) is 1. The zero-order chi connectivity index (χ0) is 21.7. The van der Waals surface area contributed by atoms with Crippen molar-refractivity contribution in [3.05, 3.63) is 58.4 Å². The third kappa shape index (κ3) is 5.84. The highest BCUT2D eigenvalue weighted by atomic mass is 35.5. The van der Waals surface area contributed by atoms with E-state index in [1.165, 1.54) is 12.1 Å². The fraction of sp³-hybridized carbons (Fsp3) is 0.333. The minimum atomic E-state index is -0.922. The molecule has 3 amide bonds. The second-order valence-electron chi connectivity index (χ2n) is 7.08. The van der Waals surface area contributed by atoms with Crippen molar-refractivity contribution in [1.29, 1.82) is 0 Å². The van der Waals surface area contributed by atoms with Crippen LogP contribution in [0.15, 0.2) is 36.4 Å². The number of fused-ring (bicyclic) bond motifs is 1. The van der Waals surface area contributed by atoms with Crippen LogP contribution in [0.3, 0.4) is 0 Å². The SMILES string of the molecule is CC(NC(=O)NCC(O)COc1ccc2c(c1)CCC(=O)N2)c1ccc(Cl)c(F)c1. The molecule has 7 nitrogen and oxygen atoms in total. The lowest BCUT2D eigenvalue weighted by molar-refractivity contribution is -0.116. The molecule has 1 heterocycles. The van der Waals surface area contributed by atoms with Crippen molar-refractivity contribution in [2.75, 3.05) is 18.5 Å². The van der Waals surface area contributed by atoms with Crippen molar-refractivity contribution < 1.29 is 23.8 Å². The van der Waals surface area contributed by atoms with Crippen molar-refractivity contribution in [2.24, 2.45) is 0 Å². The summed E-state index contributed by atoms with van der Waals surface area (Å²) in [5.41, 5.74) is 2.32. The lowest BCUT2D eigenvalue weighted by Gasteiger charge is -2.19. The van der Waals surface area contributed by atoms with Crippen molar-refractivity contribution in [3.63, 3.8) is 0 Å². The number of aryl methyl sites for hydroxylation is 1. The minimum absolute atomic E-state index is 0.00791. The number of urea groups is 1. The number of benzene rings is 2. The van der Waals surface area contributed by atoms with Crippen molar-refractivity contribution in [1.82, 2.24) is 10.6 Å². The maximum atomic E-state index is 13.5. The van der Waals surface area contributed by atoms with Gasteiger partial charge >= 0.3 is 6.03 Å². The Labute approximate surface area is 178 Å². The molecule has 0 aliphatic carbocycles. The topological polar surface area (TPSA) is 99.7 Å². The zero-order valence-corrected chi connectivity index (χ0v) is 17.1. The average molecular weight is 436 g/mol. The van der Waals surface area contributed by atoms with Crippen LogP contribution in [0.4, 0.5) is 14.9 Å². The number of aliphatic hydroxyl groups excluding tert-OH is 1. The molecule has 9 heteroatoms. The van der Waals surface area contributed by atoms with E-state index in [1.807, 2.05) is 6.07 Å². The van der Waals surface area contributed by atoms with Crippen LogP contribution in [0.5, 0.6) is 5.75 Å².